The van der Waals surface area contributed by atoms with Gasteiger partial charge in [0.05, 0.1) is 7.05 Å². The summed E-state index contributed by atoms with van der Waals surface area (Å²) in [5.74, 6) is -0.0376. The third kappa shape index (κ3) is 5.36. The van der Waals surface area contributed by atoms with E-state index in [1.807, 2.05) is 45.2 Å². The van der Waals surface area contributed by atoms with Gasteiger partial charge in [-0.2, -0.15) is 0 Å². The van der Waals surface area contributed by atoms with Crippen molar-refractivity contribution in [1.82, 2.24) is 5.32 Å². The van der Waals surface area contributed by atoms with Crippen LogP contribution < -0.4 is 15.5 Å². The van der Waals surface area contributed by atoms with Gasteiger partial charge in [0.15, 0.2) is 12.6 Å². The van der Waals surface area contributed by atoms with Crippen LogP contribution in [0.3, 0.4) is 0 Å². The van der Waals surface area contributed by atoms with Gasteiger partial charge in [-0.25, -0.2) is 0 Å². The van der Waals surface area contributed by atoms with Gasteiger partial charge < -0.3 is 15.5 Å². The largest absolute Gasteiger partial charge is 0.348 e. The van der Waals surface area contributed by atoms with Gasteiger partial charge >= 0.3 is 0 Å². The van der Waals surface area contributed by atoms with Crippen LogP contribution in [0.4, 0.5) is 5.69 Å². The third-order valence-corrected chi connectivity index (χ3v) is 4.61. The molecular formula is C18H28N3O2+. The van der Waals surface area contributed by atoms with Gasteiger partial charge in [-0.1, -0.05) is 30.5 Å². The Balaban J connectivity index is 1.79. The van der Waals surface area contributed by atoms with Gasteiger partial charge in [0.25, 0.3) is 11.8 Å². The van der Waals surface area contributed by atoms with Crippen LogP contribution in [-0.2, 0) is 9.59 Å². The Morgan fingerprint density at radius 1 is 1.22 bits per heavy atom. The monoisotopic (exact) mass is 318 g/mol. The van der Waals surface area contributed by atoms with Gasteiger partial charge in [0.1, 0.15) is 0 Å². The molecule has 5 heteroatoms. The van der Waals surface area contributed by atoms with E-state index in [9.17, 15) is 9.59 Å². The van der Waals surface area contributed by atoms with Gasteiger partial charge in [-0.15, -0.1) is 0 Å². The summed E-state index contributed by atoms with van der Waals surface area (Å²) < 4.78 is 0. The number of aryl methyl sites for hydroxylation is 1. The summed E-state index contributed by atoms with van der Waals surface area (Å²) in [6, 6.07) is 7.78. The van der Waals surface area contributed by atoms with Crippen molar-refractivity contribution in [3.05, 3.63) is 29.8 Å². The minimum atomic E-state index is -0.237. The molecule has 0 aromatic heterocycles. The first-order chi connectivity index (χ1) is 11.0. The van der Waals surface area contributed by atoms with E-state index < -0.39 is 0 Å². The number of nitrogens with one attached hydrogen (secondary N) is 3. The quantitative estimate of drug-likeness (QED) is 0.730. The maximum Gasteiger partial charge on any atom is 0.279 e. The zero-order chi connectivity index (χ0) is 16.8. The Kier molecular flexibility index (Phi) is 6.16. The second kappa shape index (κ2) is 8.11. The van der Waals surface area contributed by atoms with Crippen molar-refractivity contribution in [2.75, 3.05) is 18.9 Å². The lowest BCUT2D eigenvalue weighted by Gasteiger charge is -2.22. The number of likely N-dealkylation sites (N-methyl/N-ethyl adjacent to an activating group) is 1. The normalized spacial score (nSPS) is 17.5. The second-order valence-corrected chi connectivity index (χ2v) is 6.65. The third-order valence-electron chi connectivity index (χ3n) is 4.61. The molecule has 126 valence electrons. The fourth-order valence-electron chi connectivity index (χ4n) is 2.87. The van der Waals surface area contributed by atoms with E-state index in [1.165, 1.54) is 12.8 Å². The van der Waals surface area contributed by atoms with Crippen molar-refractivity contribution >= 4 is 17.5 Å². The fourth-order valence-corrected chi connectivity index (χ4v) is 2.87. The summed E-state index contributed by atoms with van der Waals surface area (Å²) in [7, 11) is 1.88. The van der Waals surface area contributed by atoms with Crippen LogP contribution in [0.5, 0.6) is 0 Å². The molecule has 0 heterocycles. The molecule has 2 amide bonds. The summed E-state index contributed by atoms with van der Waals surface area (Å²) >= 11 is 0. The Hall–Kier alpha value is -1.88. The number of anilines is 1. The molecule has 1 aromatic rings. The Morgan fingerprint density at radius 3 is 2.43 bits per heavy atom. The van der Waals surface area contributed by atoms with Crippen LogP contribution in [0.15, 0.2) is 24.3 Å². The lowest BCUT2D eigenvalue weighted by molar-refractivity contribution is -0.885. The fraction of sp³-hybridized carbons (Fsp3) is 0.556. The van der Waals surface area contributed by atoms with Crippen LogP contribution in [0.2, 0.25) is 0 Å². The molecule has 1 saturated carbocycles. The van der Waals surface area contributed by atoms with E-state index in [2.05, 4.69) is 10.6 Å². The van der Waals surface area contributed by atoms with Crippen molar-refractivity contribution in [3.8, 4) is 0 Å². The first-order valence-corrected chi connectivity index (χ1v) is 8.45. The number of quaternary nitrogens is 1. The van der Waals surface area contributed by atoms with Crippen molar-refractivity contribution in [2.45, 2.75) is 51.6 Å². The molecule has 2 atom stereocenters. The first kappa shape index (κ1) is 17.5. The Labute approximate surface area is 138 Å². The molecule has 3 N–H and O–H groups in total. The number of hydrogen-bond acceptors (Lipinski definition) is 2. The SMILES string of the molecule is Cc1ccc(NC(=O)C[NH+](C)[C@H](C)C(=O)NC2CCCC2)cc1. The van der Waals surface area contributed by atoms with Crippen LogP contribution in [0.1, 0.15) is 38.2 Å². The summed E-state index contributed by atoms with van der Waals surface area (Å²) in [6.45, 7) is 4.15. The lowest BCUT2D eigenvalue weighted by Crippen LogP contribution is -3.15. The van der Waals surface area contributed by atoms with Crippen molar-refractivity contribution in [2.24, 2.45) is 0 Å². The molecule has 5 nitrogen and oxygen atoms in total. The lowest BCUT2D eigenvalue weighted by atomic mass is 10.2. The van der Waals surface area contributed by atoms with Crippen LogP contribution in [0, 0.1) is 6.92 Å². The number of carbonyl (C=O) groups is 2. The average Bonchev–Trinajstić information content (AvgIpc) is 3.01. The van der Waals surface area contributed by atoms with E-state index in [4.69, 9.17) is 0 Å². The molecule has 2 rings (SSSR count). The highest BCUT2D eigenvalue weighted by Gasteiger charge is 2.26. The van der Waals surface area contributed by atoms with Crippen LogP contribution >= 0.6 is 0 Å². The van der Waals surface area contributed by atoms with Gasteiger partial charge in [-0.3, -0.25) is 9.59 Å². The summed E-state index contributed by atoms with van der Waals surface area (Å²) in [6.07, 6.45) is 4.54. The molecule has 1 aliphatic carbocycles. The molecule has 0 radical (unpaired) electrons. The number of carbonyl (C=O) groups excluding carboxylic acids is 2. The molecule has 1 aromatic carbocycles. The van der Waals surface area contributed by atoms with E-state index in [0.29, 0.717) is 6.04 Å². The molecule has 1 aliphatic rings. The molecule has 23 heavy (non-hydrogen) atoms. The second-order valence-electron chi connectivity index (χ2n) is 6.65. The summed E-state index contributed by atoms with van der Waals surface area (Å²) in [5, 5.41) is 5.97. The first-order valence-electron chi connectivity index (χ1n) is 8.45. The highest BCUT2D eigenvalue weighted by atomic mass is 16.2. The maximum atomic E-state index is 12.3. The maximum absolute atomic E-state index is 12.3. The molecule has 1 fully saturated rings. The number of rotatable bonds is 6. The highest BCUT2D eigenvalue weighted by Crippen LogP contribution is 2.17. The van der Waals surface area contributed by atoms with Crippen molar-refractivity contribution < 1.29 is 14.5 Å². The molecule has 0 bridgehead atoms. The minimum absolute atomic E-state index is 0.0394. The smallest absolute Gasteiger partial charge is 0.279 e. The van der Waals surface area contributed by atoms with E-state index in [-0.39, 0.29) is 24.4 Å². The predicted molar refractivity (Wildman–Crippen MR) is 91.4 cm³/mol. The predicted octanol–water partition coefficient (Wildman–Crippen LogP) is 0.896. The molecule has 0 saturated heterocycles. The average molecular weight is 318 g/mol. The van der Waals surface area contributed by atoms with Gasteiger partial charge in [0.2, 0.25) is 0 Å². The Bertz CT molecular complexity index is 536. The highest BCUT2D eigenvalue weighted by molar-refractivity contribution is 5.91. The van der Waals surface area contributed by atoms with E-state index >= 15 is 0 Å². The zero-order valence-electron chi connectivity index (χ0n) is 14.3. The minimum Gasteiger partial charge on any atom is -0.348 e. The van der Waals surface area contributed by atoms with Gasteiger partial charge in [0, 0.05) is 11.7 Å². The van der Waals surface area contributed by atoms with Crippen LogP contribution in [0.25, 0.3) is 0 Å². The summed E-state index contributed by atoms with van der Waals surface area (Å²) in [5.41, 5.74) is 1.94. The van der Waals surface area contributed by atoms with Crippen LogP contribution in [-0.4, -0.2) is 37.5 Å². The van der Waals surface area contributed by atoms with Crippen molar-refractivity contribution in [1.29, 1.82) is 0 Å². The van der Waals surface area contributed by atoms with Crippen molar-refractivity contribution in [3.63, 3.8) is 0 Å². The van der Waals surface area contributed by atoms with Gasteiger partial charge in [-0.05, 0) is 38.8 Å². The molecule has 1 unspecified atom stereocenters. The number of hydrogen-bond donors (Lipinski definition) is 3. The molecule has 0 spiro atoms. The van der Waals surface area contributed by atoms with E-state index in [1.54, 1.807) is 0 Å². The zero-order valence-corrected chi connectivity index (χ0v) is 14.3. The standard InChI is InChI=1S/C18H27N3O2/c1-13-8-10-16(11-9-13)19-17(22)12-21(3)14(2)18(23)20-15-6-4-5-7-15/h8-11,14-15H,4-7,12H2,1-3H3,(H,19,22)(H,20,23)/p+1/t14-/m1/s1. The summed E-state index contributed by atoms with van der Waals surface area (Å²) in [4.78, 5) is 25.3. The Morgan fingerprint density at radius 2 is 1.83 bits per heavy atom. The van der Waals surface area contributed by atoms with E-state index in [0.717, 1.165) is 29.0 Å². The topological polar surface area (TPSA) is 62.6 Å². The number of amides is 2. The number of benzene rings is 1. The molecular weight excluding hydrogens is 290 g/mol. The molecule has 0 aliphatic heterocycles.